The molecule has 2 atom stereocenters. The zero-order valence-corrected chi connectivity index (χ0v) is 16.2. The van der Waals surface area contributed by atoms with Crippen LogP contribution in [0.3, 0.4) is 0 Å². The van der Waals surface area contributed by atoms with E-state index in [-0.39, 0.29) is 5.91 Å². The second-order valence-electron chi connectivity index (χ2n) is 7.18. The second kappa shape index (κ2) is 8.43. The SMILES string of the molecule is Nc1nnc(C2CCC(Cc3ccc(NC(=O)Cc4ccccc4)nn3)C2)s1. The highest BCUT2D eigenvalue weighted by atomic mass is 32.1. The van der Waals surface area contributed by atoms with Gasteiger partial charge in [0.05, 0.1) is 12.1 Å². The van der Waals surface area contributed by atoms with Crippen LogP contribution in [0.1, 0.15) is 41.4 Å². The Hall–Kier alpha value is -2.87. The van der Waals surface area contributed by atoms with Gasteiger partial charge in [-0.3, -0.25) is 4.79 Å². The van der Waals surface area contributed by atoms with Crippen molar-refractivity contribution < 1.29 is 4.79 Å². The number of aromatic nitrogens is 4. The lowest BCUT2D eigenvalue weighted by Crippen LogP contribution is -2.16. The Morgan fingerprint density at radius 1 is 1.07 bits per heavy atom. The van der Waals surface area contributed by atoms with Gasteiger partial charge in [-0.2, -0.15) is 5.10 Å². The summed E-state index contributed by atoms with van der Waals surface area (Å²) in [6.07, 6.45) is 4.54. The number of rotatable bonds is 6. The van der Waals surface area contributed by atoms with Crippen molar-refractivity contribution in [2.24, 2.45) is 5.92 Å². The molecule has 1 aromatic carbocycles. The Morgan fingerprint density at radius 2 is 1.93 bits per heavy atom. The molecule has 28 heavy (non-hydrogen) atoms. The normalized spacial score (nSPS) is 18.9. The van der Waals surface area contributed by atoms with Gasteiger partial charge in [-0.15, -0.1) is 15.3 Å². The summed E-state index contributed by atoms with van der Waals surface area (Å²) in [5.74, 6) is 1.40. The van der Waals surface area contributed by atoms with Crippen molar-refractivity contribution in [2.75, 3.05) is 11.1 Å². The molecule has 4 rings (SSSR count). The van der Waals surface area contributed by atoms with Crippen molar-refractivity contribution in [2.45, 2.75) is 38.0 Å². The average molecular weight is 395 g/mol. The molecule has 1 aliphatic carbocycles. The fourth-order valence-electron chi connectivity index (χ4n) is 3.70. The van der Waals surface area contributed by atoms with Crippen LogP contribution >= 0.6 is 11.3 Å². The maximum Gasteiger partial charge on any atom is 0.229 e. The molecule has 7 nitrogen and oxygen atoms in total. The van der Waals surface area contributed by atoms with Crippen LogP contribution in [0.4, 0.5) is 10.9 Å². The van der Waals surface area contributed by atoms with Gasteiger partial charge < -0.3 is 11.1 Å². The Bertz CT molecular complexity index is 927. The molecule has 2 aromatic heterocycles. The first-order chi connectivity index (χ1) is 13.7. The summed E-state index contributed by atoms with van der Waals surface area (Å²) in [6, 6.07) is 13.4. The quantitative estimate of drug-likeness (QED) is 0.665. The van der Waals surface area contributed by atoms with E-state index in [1.807, 2.05) is 42.5 Å². The van der Waals surface area contributed by atoms with E-state index in [4.69, 9.17) is 5.73 Å². The summed E-state index contributed by atoms with van der Waals surface area (Å²) in [5.41, 5.74) is 7.61. The highest BCUT2D eigenvalue weighted by Gasteiger charge is 2.28. The van der Waals surface area contributed by atoms with Crippen LogP contribution in [-0.4, -0.2) is 26.3 Å². The zero-order valence-electron chi connectivity index (χ0n) is 15.4. The van der Waals surface area contributed by atoms with Gasteiger partial charge in [-0.25, -0.2) is 0 Å². The Morgan fingerprint density at radius 3 is 2.64 bits per heavy atom. The van der Waals surface area contributed by atoms with Gasteiger partial charge >= 0.3 is 0 Å². The van der Waals surface area contributed by atoms with Crippen molar-refractivity contribution >= 4 is 28.2 Å². The first-order valence-corrected chi connectivity index (χ1v) is 10.2. The van der Waals surface area contributed by atoms with Gasteiger partial charge in [0.1, 0.15) is 5.01 Å². The van der Waals surface area contributed by atoms with E-state index in [0.717, 1.165) is 41.9 Å². The first kappa shape index (κ1) is 18.5. The number of hydrogen-bond donors (Lipinski definition) is 2. The Kier molecular flexibility index (Phi) is 5.57. The highest BCUT2D eigenvalue weighted by Crippen LogP contribution is 2.40. The third kappa shape index (κ3) is 4.69. The molecule has 0 bridgehead atoms. The Labute approximate surface area is 167 Å². The van der Waals surface area contributed by atoms with E-state index < -0.39 is 0 Å². The molecule has 0 spiro atoms. The number of amides is 1. The molecule has 0 aliphatic heterocycles. The number of nitrogens with zero attached hydrogens (tertiary/aromatic N) is 4. The minimum atomic E-state index is -0.0942. The molecule has 1 aliphatic rings. The molecule has 1 amide bonds. The fourth-order valence-corrected chi connectivity index (χ4v) is 4.45. The van der Waals surface area contributed by atoms with Gasteiger partial charge in [-0.1, -0.05) is 41.7 Å². The van der Waals surface area contributed by atoms with E-state index in [0.29, 0.717) is 29.2 Å². The summed E-state index contributed by atoms with van der Waals surface area (Å²) >= 11 is 1.49. The second-order valence-corrected chi connectivity index (χ2v) is 8.22. The van der Waals surface area contributed by atoms with Crippen molar-refractivity contribution in [1.29, 1.82) is 0 Å². The van der Waals surface area contributed by atoms with Gasteiger partial charge in [0.15, 0.2) is 5.82 Å². The lowest BCUT2D eigenvalue weighted by molar-refractivity contribution is -0.115. The summed E-state index contributed by atoms with van der Waals surface area (Å²) < 4.78 is 0. The summed E-state index contributed by atoms with van der Waals surface area (Å²) in [6.45, 7) is 0. The maximum absolute atomic E-state index is 12.1. The van der Waals surface area contributed by atoms with Crippen LogP contribution in [0.15, 0.2) is 42.5 Å². The van der Waals surface area contributed by atoms with Gasteiger partial charge in [-0.05, 0) is 49.3 Å². The third-order valence-corrected chi connectivity index (χ3v) is 5.95. The average Bonchev–Trinajstić information content (AvgIpc) is 3.33. The topological polar surface area (TPSA) is 107 Å². The lowest BCUT2D eigenvalue weighted by Gasteiger charge is -2.09. The van der Waals surface area contributed by atoms with E-state index in [1.165, 1.54) is 11.3 Å². The van der Waals surface area contributed by atoms with Crippen molar-refractivity contribution in [3.63, 3.8) is 0 Å². The number of carbonyl (C=O) groups excluding carboxylic acids is 1. The summed E-state index contributed by atoms with van der Waals surface area (Å²) in [7, 11) is 0. The van der Waals surface area contributed by atoms with E-state index >= 15 is 0 Å². The van der Waals surface area contributed by atoms with Crippen molar-refractivity contribution in [3.8, 4) is 0 Å². The highest BCUT2D eigenvalue weighted by molar-refractivity contribution is 7.15. The molecule has 0 radical (unpaired) electrons. The molecule has 1 saturated carbocycles. The maximum atomic E-state index is 12.1. The molecule has 8 heteroatoms. The lowest BCUT2D eigenvalue weighted by atomic mass is 10.00. The standard InChI is InChI=1S/C20H22N6OS/c21-20-26-25-19(28-20)15-7-6-14(10-15)11-16-8-9-17(24-23-16)22-18(27)12-13-4-2-1-3-5-13/h1-5,8-9,14-15H,6-7,10-12H2,(H2,21,26)(H,22,24,27). The molecular weight excluding hydrogens is 372 g/mol. The molecule has 0 saturated heterocycles. The smallest absolute Gasteiger partial charge is 0.229 e. The van der Waals surface area contributed by atoms with E-state index in [2.05, 4.69) is 25.7 Å². The minimum Gasteiger partial charge on any atom is -0.374 e. The monoisotopic (exact) mass is 394 g/mol. The van der Waals surface area contributed by atoms with E-state index in [9.17, 15) is 4.79 Å². The largest absolute Gasteiger partial charge is 0.374 e. The van der Waals surface area contributed by atoms with Crippen molar-refractivity contribution in [3.05, 3.63) is 58.7 Å². The predicted octanol–water partition coefficient (Wildman–Crippen LogP) is 3.22. The van der Waals surface area contributed by atoms with Crippen LogP contribution in [0.5, 0.6) is 0 Å². The van der Waals surface area contributed by atoms with Crippen LogP contribution < -0.4 is 11.1 Å². The van der Waals surface area contributed by atoms with E-state index in [1.54, 1.807) is 0 Å². The number of benzene rings is 1. The number of nitrogens with two attached hydrogens (primary N) is 1. The molecule has 2 unspecified atom stereocenters. The molecule has 2 heterocycles. The molecular formula is C20H22N6OS. The van der Waals surface area contributed by atoms with Crippen LogP contribution in [0.25, 0.3) is 0 Å². The predicted molar refractivity (Wildman–Crippen MR) is 109 cm³/mol. The number of nitrogen functional groups attached to an aromatic ring is 1. The molecule has 1 fully saturated rings. The molecule has 3 aromatic rings. The van der Waals surface area contributed by atoms with Gasteiger partial charge in [0.2, 0.25) is 11.0 Å². The number of carbonyl (C=O) groups is 1. The molecule has 3 N–H and O–H groups in total. The first-order valence-electron chi connectivity index (χ1n) is 9.41. The molecule has 144 valence electrons. The fraction of sp³-hybridized carbons (Fsp3) is 0.350. The van der Waals surface area contributed by atoms with Gasteiger partial charge in [0, 0.05) is 5.92 Å². The zero-order chi connectivity index (χ0) is 19.3. The van der Waals surface area contributed by atoms with Crippen LogP contribution in [0, 0.1) is 5.92 Å². The Balaban J connectivity index is 1.28. The van der Waals surface area contributed by atoms with Crippen LogP contribution in [-0.2, 0) is 17.6 Å². The summed E-state index contributed by atoms with van der Waals surface area (Å²) in [4.78, 5) is 12.1. The third-order valence-electron chi connectivity index (χ3n) is 5.04. The summed E-state index contributed by atoms with van der Waals surface area (Å²) in [5, 5.41) is 20.9. The number of nitrogens with one attached hydrogen (secondary N) is 1. The van der Waals surface area contributed by atoms with Crippen molar-refractivity contribution in [1.82, 2.24) is 20.4 Å². The van der Waals surface area contributed by atoms with Crippen LogP contribution in [0.2, 0.25) is 0 Å². The van der Waals surface area contributed by atoms with Gasteiger partial charge in [0.25, 0.3) is 0 Å². The number of hydrogen-bond acceptors (Lipinski definition) is 7. The minimum absolute atomic E-state index is 0.0942. The number of anilines is 2.